The number of anilines is 1. The Labute approximate surface area is 167 Å². The summed E-state index contributed by atoms with van der Waals surface area (Å²) in [6.45, 7) is 4.01. The van der Waals surface area contributed by atoms with E-state index in [-0.39, 0.29) is 37.4 Å². The number of hydrazine groups is 1. The molecule has 11 heteroatoms. The van der Waals surface area contributed by atoms with E-state index in [1.807, 2.05) is 0 Å². The maximum absolute atomic E-state index is 13.8. The Hall–Kier alpha value is -2.14. The first-order valence-electron chi connectivity index (χ1n) is 9.25. The van der Waals surface area contributed by atoms with Gasteiger partial charge in [0.1, 0.15) is 24.1 Å². The van der Waals surface area contributed by atoms with Gasteiger partial charge in [0.2, 0.25) is 0 Å². The van der Waals surface area contributed by atoms with Gasteiger partial charge in [-0.25, -0.2) is 20.0 Å². The number of nitrogens with two attached hydrogens (primary N) is 1. The number of pyridine rings is 1. The number of nitrogens with one attached hydrogen (secondary N) is 1. The first-order chi connectivity index (χ1) is 13.5. The van der Waals surface area contributed by atoms with Gasteiger partial charge in [0.15, 0.2) is 0 Å². The summed E-state index contributed by atoms with van der Waals surface area (Å²) in [6.07, 6.45) is -3.88. The minimum Gasteiger partial charge on any atom is -0.444 e. The van der Waals surface area contributed by atoms with E-state index < -0.39 is 36.6 Å². The number of amides is 1. The van der Waals surface area contributed by atoms with Gasteiger partial charge in [-0.05, 0) is 38.8 Å². The molecule has 29 heavy (non-hydrogen) atoms. The van der Waals surface area contributed by atoms with Crippen LogP contribution in [0.1, 0.15) is 38.8 Å². The predicted molar refractivity (Wildman–Crippen MR) is 99.7 cm³/mol. The third-order valence-electron chi connectivity index (χ3n) is 4.51. The number of ether oxygens (including phenoxy) is 1. The van der Waals surface area contributed by atoms with Crippen LogP contribution in [-0.2, 0) is 4.74 Å². The summed E-state index contributed by atoms with van der Waals surface area (Å²) in [7, 11) is 0. The average Bonchev–Trinajstić information content (AvgIpc) is 3.06. The molecule has 0 bridgehead atoms. The van der Waals surface area contributed by atoms with Gasteiger partial charge in [0, 0.05) is 25.3 Å². The van der Waals surface area contributed by atoms with E-state index >= 15 is 0 Å². The molecule has 1 saturated heterocycles. The Kier molecular flexibility index (Phi) is 7.28. The van der Waals surface area contributed by atoms with Crippen LogP contribution in [0, 0.1) is 0 Å². The van der Waals surface area contributed by atoms with Gasteiger partial charge in [-0.3, -0.25) is 4.90 Å². The van der Waals surface area contributed by atoms with Crippen molar-refractivity contribution < 1.29 is 27.1 Å². The van der Waals surface area contributed by atoms with Crippen molar-refractivity contribution >= 4 is 11.9 Å². The number of carbonyl (C=O) groups excluding carboxylic acids is 1. The molecule has 1 aromatic heterocycles. The normalized spacial score (nSPS) is 19.1. The van der Waals surface area contributed by atoms with E-state index in [1.54, 1.807) is 20.8 Å². The monoisotopic (exact) mass is 421 g/mol. The first-order valence-corrected chi connectivity index (χ1v) is 9.25. The van der Waals surface area contributed by atoms with Gasteiger partial charge >= 0.3 is 12.3 Å². The zero-order chi connectivity index (χ0) is 21.8. The summed E-state index contributed by atoms with van der Waals surface area (Å²) in [6, 6.07) is 0.194. The number of hydrogen-bond acceptors (Lipinski definition) is 6. The molecule has 0 aromatic carbocycles. The first kappa shape index (κ1) is 23.1. The van der Waals surface area contributed by atoms with Gasteiger partial charge in [0.05, 0.1) is 6.54 Å². The number of aromatic nitrogens is 1. The molecule has 2 rings (SSSR count). The fourth-order valence-corrected chi connectivity index (χ4v) is 3.35. The quantitative estimate of drug-likeness (QED) is 0.417. The highest BCUT2D eigenvalue weighted by Crippen LogP contribution is 2.40. The van der Waals surface area contributed by atoms with Crippen molar-refractivity contribution in [3.8, 4) is 0 Å². The molecule has 2 heterocycles. The molecule has 1 fully saturated rings. The van der Waals surface area contributed by atoms with Crippen molar-refractivity contribution in [2.45, 2.75) is 51.1 Å². The van der Waals surface area contributed by atoms with Crippen molar-refractivity contribution in [2.24, 2.45) is 5.84 Å². The molecule has 1 aromatic rings. The van der Waals surface area contributed by atoms with Crippen molar-refractivity contribution in [1.29, 1.82) is 0 Å². The molecule has 164 valence electrons. The van der Waals surface area contributed by atoms with E-state index in [9.17, 15) is 22.4 Å². The van der Waals surface area contributed by atoms with Crippen molar-refractivity contribution in [1.82, 2.24) is 14.8 Å². The summed E-state index contributed by atoms with van der Waals surface area (Å²) in [5, 5.41) is 0. The number of hydrogen-bond donors (Lipinski definition) is 2. The minimum atomic E-state index is -4.55. The molecule has 2 atom stereocenters. The number of rotatable bonds is 6. The minimum absolute atomic E-state index is 0.0357. The lowest BCUT2D eigenvalue weighted by molar-refractivity contribution is -0.184. The molecule has 0 spiro atoms. The summed E-state index contributed by atoms with van der Waals surface area (Å²) < 4.78 is 59.8. The van der Waals surface area contributed by atoms with E-state index in [4.69, 9.17) is 10.6 Å². The second kappa shape index (κ2) is 9.12. The Balaban J connectivity index is 2.20. The molecule has 0 aliphatic carbocycles. The van der Waals surface area contributed by atoms with E-state index in [0.717, 1.165) is 6.20 Å². The Morgan fingerprint density at radius 3 is 2.59 bits per heavy atom. The van der Waals surface area contributed by atoms with E-state index in [2.05, 4.69) is 10.4 Å². The number of carbonyl (C=O) groups is 1. The third kappa shape index (κ3) is 6.17. The lowest BCUT2D eigenvalue weighted by Gasteiger charge is -2.33. The summed E-state index contributed by atoms with van der Waals surface area (Å²) in [5.41, 5.74) is 1.44. The van der Waals surface area contributed by atoms with Crippen molar-refractivity contribution in [3.63, 3.8) is 0 Å². The van der Waals surface area contributed by atoms with Crippen LogP contribution in [-0.4, -0.2) is 65.0 Å². The number of nitrogen functional groups attached to an aromatic ring is 1. The summed E-state index contributed by atoms with van der Waals surface area (Å²) in [5.74, 6) is 5.45. The Morgan fingerprint density at radius 1 is 1.41 bits per heavy atom. The second-order valence-corrected chi connectivity index (χ2v) is 7.87. The molecular weight excluding hydrogens is 394 g/mol. The maximum Gasteiger partial charge on any atom is 0.410 e. The third-order valence-corrected chi connectivity index (χ3v) is 4.51. The van der Waals surface area contributed by atoms with Crippen LogP contribution in [0.2, 0.25) is 0 Å². The van der Waals surface area contributed by atoms with Gasteiger partial charge in [-0.1, -0.05) is 6.07 Å². The Morgan fingerprint density at radius 2 is 2.10 bits per heavy atom. The van der Waals surface area contributed by atoms with Crippen LogP contribution in [0.15, 0.2) is 18.3 Å². The highest BCUT2D eigenvalue weighted by Gasteiger charge is 2.48. The van der Waals surface area contributed by atoms with E-state index in [1.165, 1.54) is 21.9 Å². The zero-order valence-corrected chi connectivity index (χ0v) is 16.7. The number of likely N-dealkylation sites (tertiary alicyclic amines) is 1. The lowest BCUT2D eigenvalue weighted by Crippen LogP contribution is -2.46. The largest absolute Gasteiger partial charge is 0.444 e. The predicted octanol–water partition coefficient (Wildman–Crippen LogP) is 3.25. The van der Waals surface area contributed by atoms with Crippen LogP contribution in [0.5, 0.6) is 0 Å². The number of halogens is 4. The molecule has 1 aliphatic rings. The average molecular weight is 421 g/mol. The van der Waals surface area contributed by atoms with Crippen LogP contribution in [0.3, 0.4) is 0 Å². The summed E-state index contributed by atoms with van der Waals surface area (Å²) >= 11 is 0. The fraction of sp³-hybridized carbons (Fsp3) is 0.667. The van der Waals surface area contributed by atoms with Crippen molar-refractivity contribution in [2.75, 3.05) is 31.7 Å². The molecule has 1 aliphatic heterocycles. The standard InChI is InChI=1S/C18H27F4N5O2/c1-17(2,3)29-16(28)27(9-7-19)13-6-8-26(11-13)15(18(20,21)22)12-4-5-14(25-23)24-10-12/h4-5,10,13,15H,6-9,11,23H2,1-3H3,(H,24,25)/t13-,15+/m0/s1. The smallest absolute Gasteiger partial charge is 0.410 e. The molecule has 7 nitrogen and oxygen atoms in total. The molecule has 1 amide bonds. The topological polar surface area (TPSA) is 83.7 Å². The molecule has 0 saturated carbocycles. The van der Waals surface area contributed by atoms with Gasteiger partial charge < -0.3 is 15.1 Å². The number of alkyl halides is 4. The number of nitrogens with zero attached hydrogens (tertiary/aromatic N) is 3. The van der Waals surface area contributed by atoms with Crippen molar-refractivity contribution in [3.05, 3.63) is 23.9 Å². The SMILES string of the molecule is CC(C)(C)OC(=O)N(CCF)[C@H]1CCN([C@H](c2ccc(NN)nc2)C(F)(F)F)C1. The zero-order valence-electron chi connectivity index (χ0n) is 16.7. The molecule has 3 N–H and O–H groups in total. The van der Waals surface area contributed by atoms with Crippen LogP contribution in [0.4, 0.5) is 28.2 Å². The van der Waals surface area contributed by atoms with Gasteiger partial charge in [-0.2, -0.15) is 13.2 Å². The van der Waals surface area contributed by atoms with Gasteiger partial charge in [0.25, 0.3) is 0 Å². The summed E-state index contributed by atoms with van der Waals surface area (Å²) in [4.78, 5) is 18.7. The van der Waals surface area contributed by atoms with E-state index in [0.29, 0.717) is 0 Å². The highest BCUT2D eigenvalue weighted by atomic mass is 19.4. The van der Waals surface area contributed by atoms with Gasteiger partial charge in [-0.15, -0.1) is 0 Å². The van der Waals surface area contributed by atoms with Crippen LogP contribution >= 0.6 is 0 Å². The van der Waals surface area contributed by atoms with Crippen LogP contribution in [0.25, 0.3) is 0 Å². The fourth-order valence-electron chi connectivity index (χ4n) is 3.35. The lowest BCUT2D eigenvalue weighted by atomic mass is 10.1. The molecule has 0 unspecified atom stereocenters. The molecular formula is C18H27F4N5O2. The highest BCUT2D eigenvalue weighted by molar-refractivity contribution is 5.68. The Bertz CT molecular complexity index is 678. The second-order valence-electron chi connectivity index (χ2n) is 7.87. The van der Waals surface area contributed by atoms with Crippen LogP contribution < -0.4 is 11.3 Å². The molecule has 0 radical (unpaired) electrons. The maximum atomic E-state index is 13.8.